The van der Waals surface area contributed by atoms with Crippen molar-refractivity contribution in [3.05, 3.63) is 59.7 Å². The van der Waals surface area contributed by atoms with E-state index in [-0.39, 0.29) is 37.9 Å². The van der Waals surface area contributed by atoms with Crippen LogP contribution in [0.25, 0.3) is 11.1 Å². The lowest BCUT2D eigenvalue weighted by molar-refractivity contribution is -0.139. The van der Waals surface area contributed by atoms with Crippen LogP contribution < -0.4 is 5.32 Å². The molecule has 2 N–H and O–H groups in total. The van der Waals surface area contributed by atoms with Gasteiger partial charge in [-0.15, -0.1) is 0 Å². The molecule has 0 heterocycles. The number of fused-ring (bicyclic) bond motifs is 3. The average Bonchev–Trinajstić information content (AvgIpc) is 3.13. The lowest BCUT2D eigenvalue weighted by Gasteiger charge is -2.28. The minimum absolute atomic E-state index is 0.0756. The number of carboxylic acid groups (broad SMARTS) is 1. The van der Waals surface area contributed by atoms with E-state index >= 15 is 0 Å². The van der Waals surface area contributed by atoms with E-state index < -0.39 is 18.1 Å². The zero-order chi connectivity index (χ0) is 24.7. The van der Waals surface area contributed by atoms with Crippen molar-refractivity contribution in [2.75, 3.05) is 40.3 Å². The Morgan fingerprint density at radius 2 is 1.59 bits per heavy atom. The molecule has 0 saturated carbocycles. The minimum atomic E-state index is -0.970. The second-order valence-corrected chi connectivity index (χ2v) is 8.75. The van der Waals surface area contributed by atoms with Crippen LogP contribution in [0.1, 0.15) is 36.8 Å². The van der Waals surface area contributed by atoms with E-state index in [1.54, 1.807) is 19.0 Å². The molecule has 0 radical (unpaired) electrons. The van der Waals surface area contributed by atoms with Crippen molar-refractivity contribution in [1.29, 1.82) is 0 Å². The maximum Gasteiger partial charge on any atom is 0.407 e. The highest BCUT2D eigenvalue weighted by molar-refractivity contribution is 5.86. The number of likely N-dealkylation sites (N-methyl/N-ethyl adjacent to an activating group) is 1. The van der Waals surface area contributed by atoms with Gasteiger partial charge in [0, 0.05) is 25.6 Å². The first kappa shape index (κ1) is 25.2. The van der Waals surface area contributed by atoms with Gasteiger partial charge in [-0.2, -0.15) is 0 Å². The number of rotatable bonds is 11. The Morgan fingerprint density at radius 3 is 2.12 bits per heavy atom. The monoisotopic (exact) mass is 467 g/mol. The van der Waals surface area contributed by atoms with Crippen LogP contribution in [0.3, 0.4) is 0 Å². The number of nitrogens with one attached hydrogen (secondary N) is 1. The van der Waals surface area contributed by atoms with E-state index in [0.29, 0.717) is 13.0 Å². The highest BCUT2D eigenvalue weighted by Gasteiger charge is 2.31. The molecule has 8 nitrogen and oxygen atoms in total. The molecule has 0 spiro atoms. The third kappa shape index (κ3) is 6.14. The maximum atomic E-state index is 13.1. The van der Waals surface area contributed by atoms with Crippen molar-refractivity contribution in [1.82, 2.24) is 15.1 Å². The second-order valence-electron chi connectivity index (χ2n) is 8.75. The zero-order valence-corrected chi connectivity index (χ0v) is 20.0. The van der Waals surface area contributed by atoms with Gasteiger partial charge in [0.1, 0.15) is 12.6 Å². The second kappa shape index (κ2) is 11.7. The number of amides is 2. The molecule has 1 aliphatic rings. The van der Waals surface area contributed by atoms with Gasteiger partial charge in [0.05, 0.1) is 6.42 Å². The average molecular weight is 468 g/mol. The van der Waals surface area contributed by atoms with Crippen LogP contribution in [0.5, 0.6) is 0 Å². The first-order chi connectivity index (χ1) is 16.3. The molecule has 0 fully saturated rings. The molecule has 1 aliphatic carbocycles. The first-order valence-corrected chi connectivity index (χ1v) is 11.6. The third-order valence-electron chi connectivity index (χ3n) is 5.88. The highest BCUT2D eigenvalue weighted by atomic mass is 16.5. The topological polar surface area (TPSA) is 99.2 Å². The molecule has 182 valence electrons. The predicted octanol–water partition coefficient (Wildman–Crippen LogP) is 3.17. The Morgan fingerprint density at radius 1 is 1.00 bits per heavy atom. The number of nitrogens with zero attached hydrogens (tertiary/aromatic N) is 2. The molecule has 1 atom stereocenters. The Labute approximate surface area is 200 Å². The van der Waals surface area contributed by atoms with Crippen molar-refractivity contribution >= 4 is 18.0 Å². The summed E-state index contributed by atoms with van der Waals surface area (Å²) in [5.41, 5.74) is 4.50. The summed E-state index contributed by atoms with van der Waals surface area (Å²) in [5.74, 6) is -1.36. The number of benzene rings is 2. The summed E-state index contributed by atoms with van der Waals surface area (Å²) in [4.78, 5) is 40.2. The molecule has 0 aliphatic heterocycles. The van der Waals surface area contributed by atoms with Crippen LogP contribution in [0.2, 0.25) is 0 Å². The molecule has 0 aromatic heterocycles. The lowest BCUT2D eigenvalue weighted by atomic mass is 9.98. The van der Waals surface area contributed by atoms with Crippen LogP contribution >= 0.6 is 0 Å². The summed E-state index contributed by atoms with van der Waals surface area (Å²) < 4.78 is 5.61. The minimum Gasteiger partial charge on any atom is -0.481 e. The Kier molecular flexibility index (Phi) is 8.65. The largest absolute Gasteiger partial charge is 0.481 e. The van der Waals surface area contributed by atoms with E-state index in [0.717, 1.165) is 22.3 Å². The van der Waals surface area contributed by atoms with Gasteiger partial charge in [-0.05, 0) is 42.8 Å². The maximum absolute atomic E-state index is 13.1. The number of alkyl carbamates (subject to hydrolysis) is 1. The van der Waals surface area contributed by atoms with E-state index in [4.69, 9.17) is 9.84 Å². The van der Waals surface area contributed by atoms with Gasteiger partial charge in [-0.25, -0.2) is 4.79 Å². The molecule has 0 bridgehead atoms. The molecular weight excluding hydrogens is 434 g/mol. The Hall–Kier alpha value is -3.39. The van der Waals surface area contributed by atoms with Crippen LogP contribution in [0, 0.1) is 0 Å². The molecule has 3 rings (SSSR count). The van der Waals surface area contributed by atoms with Gasteiger partial charge < -0.3 is 25.0 Å². The SMILES string of the molecule is CCCN(CCC(=O)O)C(=O)C(CN(C)C)NC(=O)OCC1c2ccccc2-c2ccccc21. The quantitative estimate of drug-likeness (QED) is 0.527. The highest BCUT2D eigenvalue weighted by Crippen LogP contribution is 2.44. The number of hydrogen-bond acceptors (Lipinski definition) is 5. The van der Waals surface area contributed by atoms with Crippen molar-refractivity contribution in [2.45, 2.75) is 31.7 Å². The van der Waals surface area contributed by atoms with Gasteiger partial charge in [0.15, 0.2) is 0 Å². The number of ether oxygens (including phenoxy) is 1. The van der Waals surface area contributed by atoms with Crippen molar-refractivity contribution in [3.8, 4) is 11.1 Å². The van der Waals surface area contributed by atoms with Gasteiger partial charge >= 0.3 is 12.1 Å². The third-order valence-corrected chi connectivity index (χ3v) is 5.88. The molecule has 1 unspecified atom stereocenters. The summed E-state index contributed by atoms with van der Waals surface area (Å²) in [6.07, 6.45) is -0.132. The fourth-order valence-electron chi connectivity index (χ4n) is 4.39. The van der Waals surface area contributed by atoms with Gasteiger partial charge in [-0.3, -0.25) is 9.59 Å². The number of carbonyl (C=O) groups excluding carboxylic acids is 2. The zero-order valence-electron chi connectivity index (χ0n) is 20.0. The molecular formula is C26H33N3O5. The van der Waals surface area contributed by atoms with Gasteiger partial charge in [-0.1, -0.05) is 55.5 Å². The number of carbonyl (C=O) groups is 3. The molecule has 34 heavy (non-hydrogen) atoms. The molecule has 2 aromatic rings. The van der Waals surface area contributed by atoms with Crippen LogP contribution in [-0.2, 0) is 14.3 Å². The Balaban J connectivity index is 1.68. The predicted molar refractivity (Wildman–Crippen MR) is 130 cm³/mol. The van der Waals surface area contributed by atoms with Crippen molar-refractivity contribution < 1.29 is 24.2 Å². The summed E-state index contributed by atoms with van der Waals surface area (Å²) in [6, 6.07) is 15.3. The van der Waals surface area contributed by atoms with Crippen molar-refractivity contribution in [3.63, 3.8) is 0 Å². The summed E-state index contributed by atoms with van der Waals surface area (Å²) in [6.45, 7) is 2.86. The van der Waals surface area contributed by atoms with Crippen molar-refractivity contribution in [2.24, 2.45) is 0 Å². The first-order valence-electron chi connectivity index (χ1n) is 11.6. The van der Waals surface area contributed by atoms with E-state index in [9.17, 15) is 14.4 Å². The lowest BCUT2D eigenvalue weighted by Crippen LogP contribution is -2.53. The van der Waals surface area contributed by atoms with E-state index in [1.165, 1.54) is 4.90 Å². The summed E-state index contributed by atoms with van der Waals surface area (Å²) >= 11 is 0. The molecule has 0 saturated heterocycles. The fourth-order valence-corrected chi connectivity index (χ4v) is 4.39. The molecule has 2 amide bonds. The molecule has 8 heteroatoms. The number of hydrogen-bond donors (Lipinski definition) is 2. The standard InChI is InChI=1S/C26H33N3O5/c1-4-14-29(15-13-24(30)31)25(32)23(16-28(2)3)27-26(33)34-17-22-20-11-7-5-9-18(20)19-10-6-8-12-21(19)22/h5-12,22-23H,4,13-17H2,1-3H3,(H,27,33)(H,30,31). The number of carboxylic acids is 1. The normalized spacial score (nSPS) is 13.2. The van der Waals surface area contributed by atoms with E-state index in [1.807, 2.05) is 43.3 Å². The summed E-state index contributed by atoms with van der Waals surface area (Å²) in [7, 11) is 3.61. The molecule has 2 aromatic carbocycles. The number of aliphatic carboxylic acids is 1. The summed E-state index contributed by atoms with van der Waals surface area (Å²) in [5, 5.41) is 11.7. The smallest absolute Gasteiger partial charge is 0.407 e. The van der Waals surface area contributed by atoms with Crippen LogP contribution in [0.15, 0.2) is 48.5 Å². The fraction of sp³-hybridized carbons (Fsp3) is 0.423. The van der Waals surface area contributed by atoms with E-state index in [2.05, 4.69) is 17.4 Å². The van der Waals surface area contributed by atoms with Gasteiger partial charge in [0.2, 0.25) is 5.91 Å². The van der Waals surface area contributed by atoms with Crippen LogP contribution in [0.4, 0.5) is 4.79 Å². The van der Waals surface area contributed by atoms with Crippen LogP contribution in [-0.4, -0.2) is 79.3 Å². The Bertz CT molecular complexity index is 978. The van der Waals surface area contributed by atoms with Gasteiger partial charge in [0.25, 0.3) is 0 Å².